The number of ether oxygens (including phenoxy) is 1. The number of rotatable bonds is 4. The number of aromatic nitrogens is 2. The lowest BCUT2D eigenvalue weighted by Crippen LogP contribution is -2.69. The fourth-order valence-electron chi connectivity index (χ4n) is 7.96. The van der Waals surface area contributed by atoms with Crippen LogP contribution in [0, 0.1) is 17.8 Å². The minimum Gasteiger partial charge on any atom is -0.390 e. The van der Waals surface area contributed by atoms with E-state index in [-0.39, 0.29) is 18.1 Å². The molecule has 2 saturated heterocycles. The number of amides is 1. The van der Waals surface area contributed by atoms with Gasteiger partial charge in [0.25, 0.3) is 5.91 Å². The smallest absolute Gasteiger partial charge is 0.271 e. The van der Waals surface area contributed by atoms with Gasteiger partial charge in [-0.05, 0) is 76.5 Å². The van der Waals surface area contributed by atoms with Crippen molar-refractivity contribution >= 4 is 5.91 Å². The number of nitrogens with one attached hydrogen (secondary N) is 1. The summed E-state index contributed by atoms with van der Waals surface area (Å²) in [7, 11) is 0. The van der Waals surface area contributed by atoms with E-state index in [4.69, 9.17) is 4.74 Å². The third kappa shape index (κ3) is 3.89. The van der Waals surface area contributed by atoms with Crippen LogP contribution in [0.5, 0.6) is 0 Å². The maximum Gasteiger partial charge on any atom is 0.271 e. The van der Waals surface area contributed by atoms with Gasteiger partial charge in [0.05, 0.1) is 22.9 Å². The average molecular weight is 456 g/mol. The molecule has 180 valence electrons. The lowest BCUT2D eigenvalue weighted by molar-refractivity contribution is -0.187. The summed E-state index contributed by atoms with van der Waals surface area (Å²) in [4.78, 5) is 23.2. The minimum absolute atomic E-state index is 0.00635. The van der Waals surface area contributed by atoms with Crippen LogP contribution in [0.15, 0.2) is 12.5 Å². The summed E-state index contributed by atoms with van der Waals surface area (Å²) in [6.45, 7) is 6.68. The molecule has 0 radical (unpaired) electrons. The second-order valence-corrected chi connectivity index (χ2v) is 11.5. The number of aliphatic hydroxyl groups is 1. The molecule has 2 N–H and O–H groups in total. The summed E-state index contributed by atoms with van der Waals surface area (Å²) in [5, 5.41) is 19.2. The van der Waals surface area contributed by atoms with E-state index in [1.807, 2.05) is 0 Å². The summed E-state index contributed by atoms with van der Waals surface area (Å²) < 4.78 is 5.92. The molecular weight excluding hydrogens is 418 g/mol. The first-order valence-corrected chi connectivity index (χ1v) is 12.9. The topological polar surface area (TPSA) is 90.8 Å². The largest absolute Gasteiger partial charge is 0.390 e. The molecule has 4 bridgehead atoms. The fraction of sp³-hybridized carbons (Fsp3) is 0.800. The molecule has 5 atom stereocenters. The molecule has 4 saturated carbocycles. The van der Waals surface area contributed by atoms with Gasteiger partial charge < -0.3 is 15.2 Å². The van der Waals surface area contributed by atoms with Crippen molar-refractivity contribution in [1.82, 2.24) is 25.3 Å². The number of hydrogen-bond acceptors (Lipinski definition) is 7. The van der Waals surface area contributed by atoms with Gasteiger partial charge in [-0.2, -0.15) is 0 Å². The molecule has 8 nitrogen and oxygen atoms in total. The standard InChI is InChI=1S/C25H37N5O3/c1-15-12-29(13-16(2)28-15)30(23-18-6-17-7-19(23)10-25(32,8-17)9-18)24(31)20-11-26-14-27-22(20)21-4-3-5-33-21/h11,14-19,21,23,28,32H,3-10,12-13H2,1-2H3/t15-,16+,17?,18?,19?,21-,23?,25?/m1/s1. The van der Waals surface area contributed by atoms with Crippen LogP contribution in [0.2, 0.25) is 0 Å². The highest BCUT2D eigenvalue weighted by molar-refractivity contribution is 5.95. The number of hydrazine groups is 1. The lowest BCUT2D eigenvalue weighted by atomic mass is 9.52. The second-order valence-electron chi connectivity index (χ2n) is 11.5. The van der Waals surface area contributed by atoms with E-state index >= 15 is 0 Å². The van der Waals surface area contributed by atoms with Gasteiger partial charge in [0.1, 0.15) is 12.4 Å². The quantitative estimate of drug-likeness (QED) is 0.720. The SMILES string of the molecule is C[C@@H]1CN(N(C(=O)c2cncnc2[C@H]2CCCO2)C2C3CC4CC2CC(O)(C4)C3)C[C@H](C)N1. The highest BCUT2D eigenvalue weighted by Crippen LogP contribution is 2.57. The molecule has 1 aromatic rings. The lowest BCUT2D eigenvalue weighted by Gasteiger charge is -2.61. The maximum absolute atomic E-state index is 14.4. The number of carbonyl (C=O) groups is 1. The summed E-state index contributed by atoms with van der Waals surface area (Å²) in [5.41, 5.74) is 0.789. The first-order chi connectivity index (χ1) is 15.9. The van der Waals surface area contributed by atoms with E-state index in [1.54, 1.807) is 6.20 Å². The van der Waals surface area contributed by atoms with E-state index in [0.29, 0.717) is 42.0 Å². The Hall–Kier alpha value is -1.61. The van der Waals surface area contributed by atoms with Crippen LogP contribution in [0.4, 0.5) is 0 Å². The van der Waals surface area contributed by atoms with Crippen LogP contribution in [0.1, 0.15) is 80.9 Å². The first kappa shape index (κ1) is 21.9. The van der Waals surface area contributed by atoms with Crippen LogP contribution in [0.25, 0.3) is 0 Å². The Labute approximate surface area is 196 Å². The molecule has 2 aliphatic heterocycles. The Balaban J connectivity index is 1.38. The second kappa shape index (κ2) is 8.26. The maximum atomic E-state index is 14.4. The van der Waals surface area contributed by atoms with Crippen LogP contribution < -0.4 is 5.32 Å². The van der Waals surface area contributed by atoms with Gasteiger partial charge in [-0.25, -0.2) is 15.0 Å². The summed E-state index contributed by atoms with van der Waals surface area (Å²) in [6.07, 6.45) is 9.79. The van der Waals surface area contributed by atoms with Crippen molar-refractivity contribution in [2.45, 2.75) is 88.6 Å². The molecule has 8 heteroatoms. The average Bonchev–Trinajstić information content (AvgIpc) is 3.29. The summed E-state index contributed by atoms with van der Waals surface area (Å²) in [5.74, 6) is 1.30. The summed E-state index contributed by atoms with van der Waals surface area (Å²) in [6, 6.07) is 0.730. The fourth-order valence-corrected chi connectivity index (χ4v) is 7.96. The van der Waals surface area contributed by atoms with Gasteiger partial charge >= 0.3 is 0 Å². The van der Waals surface area contributed by atoms with Crippen molar-refractivity contribution < 1.29 is 14.6 Å². The Kier molecular flexibility index (Phi) is 5.48. The molecule has 4 aliphatic carbocycles. The van der Waals surface area contributed by atoms with Gasteiger partial charge in [0, 0.05) is 38.0 Å². The van der Waals surface area contributed by atoms with Crippen molar-refractivity contribution in [1.29, 1.82) is 0 Å². The van der Waals surface area contributed by atoms with Gasteiger partial charge in [-0.1, -0.05) is 0 Å². The van der Waals surface area contributed by atoms with Gasteiger partial charge in [-0.15, -0.1) is 0 Å². The molecule has 3 heterocycles. The Morgan fingerprint density at radius 3 is 2.58 bits per heavy atom. The van der Waals surface area contributed by atoms with Crippen LogP contribution >= 0.6 is 0 Å². The van der Waals surface area contributed by atoms with Gasteiger partial charge in [0.15, 0.2) is 0 Å². The zero-order valence-electron chi connectivity index (χ0n) is 19.8. The molecule has 6 fully saturated rings. The molecule has 7 rings (SSSR count). The van der Waals surface area contributed by atoms with Crippen LogP contribution in [-0.2, 0) is 4.74 Å². The van der Waals surface area contributed by atoms with E-state index in [1.165, 1.54) is 6.33 Å². The van der Waals surface area contributed by atoms with E-state index in [9.17, 15) is 9.90 Å². The number of hydrogen-bond donors (Lipinski definition) is 2. The molecule has 1 amide bonds. The Morgan fingerprint density at radius 1 is 1.21 bits per heavy atom. The van der Waals surface area contributed by atoms with Crippen LogP contribution in [0.3, 0.4) is 0 Å². The predicted octanol–water partition coefficient (Wildman–Crippen LogP) is 2.31. The van der Waals surface area contributed by atoms with E-state index in [0.717, 1.165) is 63.7 Å². The van der Waals surface area contributed by atoms with Crippen LogP contribution in [-0.4, -0.2) is 74.4 Å². The number of piperazine rings is 1. The van der Waals surface area contributed by atoms with Gasteiger partial charge in [-0.3, -0.25) is 9.80 Å². The molecule has 33 heavy (non-hydrogen) atoms. The zero-order valence-corrected chi connectivity index (χ0v) is 19.8. The van der Waals surface area contributed by atoms with Crippen molar-refractivity contribution in [2.24, 2.45) is 17.8 Å². The molecule has 2 unspecified atom stereocenters. The molecule has 6 aliphatic rings. The van der Waals surface area contributed by atoms with Gasteiger partial charge in [0.2, 0.25) is 0 Å². The van der Waals surface area contributed by atoms with E-state index in [2.05, 4.69) is 39.2 Å². The Morgan fingerprint density at radius 2 is 1.94 bits per heavy atom. The van der Waals surface area contributed by atoms with E-state index < -0.39 is 5.60 Å². The van der Waals surface area contributed by atoms with Crippen molar-refractivity contribution in [3.63, 3.8) is 0 Å². The number of nitrogens with zero attached hydrogens (tertiary/aromatic N) is 4. The normalized spacial score (nSPS) is 42.6. The molecule has 0 aromatic carbocycles. The van der Waals surface area contributed by atoms with Crippen molar-refractivity contribution in [3.05, 3.63) is 23.8 Å². The molecule has 0 spiro atoms. The third-order valence-electron chi connectivity index (χ3n) is 8.73. The molecular formula is C25H37N5O3. The zero-order chi connectivity index (χ0) is 22.7. The minimum atomic E-state index is -0.523. The number of carbonyl (C=O) groups excluding carboxylic acids is 1. The molecule has 1 aromatic heterocycles. The third-order valence-corrected chi connectivity index (χ3v) is 8.73. The van der Waals surface area contributed by atoms with Crippen molar-refractivity contribution in [3.8, 4) is 0 Å². The first-order valence-electron chi connectivity index (χ1n) is 12.9. The predicted molar refractivity (Wildman–Crippen MR) is 122 cm³/mol. The summed E-state index contributed by atoms with van der Waals surface area (Å²) >= 11 is 0. The monoisotopic (exact) mass is 455 g/mol. The highest BCUT2D eigenvalue weighted by Gasteiger charge is 2.58. The highest BCUT2D eigenvalue weighted by atomic mass is 16.5. The Bertz CT molecular complexity index is 880. The van der Waals surface area contributed by atoms with Crippen molar-refractivity contribution in [2.75, 3.05) is 19.7 Å².